The molecule has 1 heterocycles. The fraction of sp³-hybridized carbons (Fsp3) is 0.176. The molecule has 0 fully saturated rings. The van der Waals surface area contributed by atoms with Gasteiger partial charge in [0, 0.05) is 5.56 Å². The summed E-state index contributed by atoms with van der Waals surface area (Å²) in [5, 5.41) is 4.07. The van der Waals surface area contributed by atoms with E-state index >= 15 is 0 Å². The molecule has 0 atom stereocenters. The Bertz CT molecular complexity index is 1010. The number of benzene rings is 2. The lowest BCUT2D eigenvalue weighted by atomic mass is 10.1. The van der Waals surface area contributed by atoms with E-state index in [1.165, 1.54) is 25.3 Å². The summed E-state index contributed by atoms with van der Waals surface area (Å²) in [6.45, 7) is 1.95. The van der Waals surface area contributed by atoms with Crippen molar-refractivity contribution in [2.45, 2.75) is 17.6 Å². The largest absolute Gasteiger partial charge is 0.495 e. The van der Waals surface area contributed by atoms with Gasteiger partial charge in [-0.25, -0.2) is 8.42 Å². The first-order valence-corrected chi connectivity index (χ1v) is 9.38. The van der Waals surface area contributed by atoms with E-state index in [0.29, 0.717) is 11.6 Å². The second kappa shape index (κ2) is 6.85. The van der Waals surface area contributed by atoms with Crippen molar-refractivity contribution in [3.63, 3.8) is 0 Å². The SMILES string of the molecule is COc1ccc(S(=O)(=O)Cc2nc(-c3cccc(C)c3)no2)cc1Cl. The molecule has 0 saturated heterocycles. The van der Waals surface area contributed by atoms with Crippen LogP contribution in [0.15, 0.2) is 51.9 Å². The highest BCUT2D eigenvalue weighted by Crippen LogP contribution is 2.28. The molecule has 0 saturated carbocycles. The quantitative estimate of drug-likeness (QED) is 0.673. The third kappa shape index (κ3) is 3.83. The van der Waals surface area contributed by atoms with Gasteiger partial charge in [-0.05, 0) is 31.2 Å². The maximum absolute atomic E-state index is 12.5. The van der Waals surface area contributed by atoms with Gasteiger partial charge in [-0.3, -0.25) is 0 Å². The van der Waals surface area contributed by atoms with Crippen LogP contribution in [0, 0.1) is 6.92 Å². The van der Waals surface area contributed by atoms with Crippen LogP contribution >= 0.6 is 11.6 Å². The lowest BCUT2D eigenvalue weighted by Gasteiger charge is -2.06. The first-order chi connectivity index (χ1) is 11.9. The molecule has 25 heavy (non-hydrogen) atoms. The summed E-state index contributed by atoms with van der Waals surface area (Å²) < 4.78 is 35.2. The Morgan fingerprint density at radius 2 is 2.00 bits per heavy atom. The van der Waals surface area contributed by atoms with E-state index in [1.807, 2.05) is 31.2 Å². The third-order valence-electron chi connectivity index (χ3n) is 3.54. The molecule has 0 amide bonds. The van der Waals surface area contributed by atoms with E-state index in [-0.39, 0.29) is 15.8 Å². The van der Waals surface area contributed by atoms with Gasteiger partial charge in [-0.2, -0.15) is 4.98 Å². The Kier molecular flexibility index (Phi) is 4.78. The molecule has 3 rings (SSSR count). The van der Waals surface area contributed by atoms with Gasteiger partial charge < -0.3 is 9.26 Å². The van der Waals surface area contributed by atoms with Crippen LogP contribution in [-0.2, 0) is 15.6 Å². The maximum atomic E-state index is 12.5. The smallest absolute Gasteiger partial charge is 0.242 e. The van der Waals surface area contributed by atoms with Crippen molar-refractivity contribution in [3.05, 3.63) is 58.9 Å². The van der Waals surface area contributed by atoms with E-state index in [4.69, 9.17) is 20.9 Å². The molecule has 0 radical (unpaired) electrons. The molecular formula is C17H15ClN2O4S. The number of hydrogen-bond donors (Lipinski definition) is 0. The van der Waals surface area contributed by atoms with Crippen molar-refractivity contribution in [1.82, 2.24) is 10.1 Å². The number of sulfone groups is 1. The van der Waals surface area contributed by atoms with Crippen molar-refractivity contribution in [3.8, 4) is 17.1 Å². The summed E-state index contributed by atoms with van der Waals surface area (Å²) in [7, 11) is -2.22. The normalized spacial score (nSPS) is 11.5. The topological polar surface area (TPSA) is 82.3 Å². The standard InChI is InChI=1S/C17H15ClN2O4S/c1-11-4-3-5-12(8-11)17-19-16(24-20-17)10-25(21,22)13-6-7-15(23-2)14(18)9-13/h3-9H,10H2,1-2H3. The van der Waals surface area contributed by atoms with Crippen molar-refractivity contribution >= 4 is 21.4 Å². The van der Waals surface area contributed by atoms with E-state index < -0.39 is 15.6 Å². The van der Waals surface area contributed by atoms with E-state index in [1.54, 1.807) is 0 Å². The van der Waals surface area contributed by atoms with Gasteiger partial charge in [0.05, 0.1) is 17.0 Å². The highest BCUT2D eigenvalue weighted by Gasteiger charge is 2.21. The molecule has 3 aromatic rings. The summed E-state index contributed by atoms with van der Waals surface area (Å²) in [6, 6.07) is 11.8. The Morgan fingerprint density at radius 3 is 2.68 bits per heavy atom. The number of methoxy groups -OCH3 is 1. The summed E-state index contributed by atoms with van der Waals surface area (Å²) in [5.41, 5.74) is 1.81. The monoisotopic (exact) mass is 378 g/mol. The second-order valence-corrected chi connectivity index (χ2v) is 7.83. The van der Waals surface area contributed by atoms with Gasteiger partial charge in [-0.15, -0.1) is 0 Å². The summed E-state index contributed by atoms with van der Waals surface area (Å²) in [5.74, 6) is 0.360. The Hall–Kier alpha value is -2.38. The van der Waals surface area contributed by atoms with Crippen LogP contribution < -0.4 is 4.74 Å². The van der Waals surface area contributed by atoms with Crippen LogP contribution in [0.25, 0.3) is 11.4 Å². The predicted octanol–water partition coefficient (Wildman–Crippen LogP) is 3.68. The Balaban J connectivity index is 1.85. The van der Waals surface area contributed by atoms with Gasteiger partial charge in [-0.1, -0.05) is 40.5 Å². The van der Waals surface area contributed by atoms with Gasteiger partial charge in [0.2, 0.25) is 11.7 Å². The van der Waals surface area contributed by atoms with Gasteiger partial charge in [0.15, 0.2) is 9.84 Å². The maximum Gasteiger partial charge on any atom is 0.242 e. The zero-order valence-corrected chi connectivity index (χ0v) is 15.1. The number of aromatic nitrogens is 2. The van der Waals surface area contributed by atoms with Crippen molar-refractivity contribution in [1.29, 1.82) is 0 Å². The second-order valence-electron chi connectivity index (χ2n) is 5.44. The van der Waals surface area contributed by atoms with Crippen LogP contribution in [0.2, 0.25) is 5.02 Å². The Labute approximate surface area is 150 Å². The molecule has 0 spiro atoms. The molecule has 2 aromatic carbocycles. The molecule has 0 aliphatic heterocycles. The molecule has 0 bridgehead atoms. The minimum absolute atomic E-state index is 0.0171. The molecule has 0 unspecified atom stereocenters. The summed E-state index contributed by atoms with van der Waals surface area (Å²) in [4.78, 5) is 4.24. The Morgan fingerprint density at radius 1 is 1.20 bits per heavy atom. The number of rotatable bonds is 5. The third-order valence-corrected chi connectivity index (χ3v) is 5.43. The molecule has 0 N–H and O–H groups in total. The summed E-state index contributed by atoms with van der Waals surface area (Å²) >= 11 is 6.00. The fourth-order valence-corrected chi connectivity index (χ4v) is 3.81. The number of nitrogens with zero attached hydrogens (tertiary/aromatic N) is 2. The molecule has 130 valence electrons. The molecule has 6 nitrogen and oxygen atoms in total. The minimum atomic E-state index is -3.67. The highest BCUT2D eigenvalue weighted by atomic mass is 35.5. The van der Waals surface area contributed by atoms with Crippen molar-refractivity contribution in [2.75, 3.05) is 7.11 Å². The zero-order valence-electron chi connectivity index (χ0n) is 13.6. The van der Waals surface area contributed by atoms with Crippen LogP contribution in [0.1, 0.15) is 11.5 Å². The molecule has 8 heteroatoms. The van der Waals surface area contributed by atoms with E-state index in [9.17, 15) is 8.42 Å². The molecule has 0 aliphatic carbocycles. The average Bonchev–Trinajstić information content (AvgIpc) is 3.02. The van der Waals surface area contributed by atoms with Gasteiger partial charge in [0.25, 0.3) is 0 Å². The van der Waals surface area contributed by atoms with Gasteiger partial charge >= 0.3 is 0 Å². The van der Waals surface area contributed by atoms with Crippen LogP contribution in [0.5, 0.6) is 5.75 Å². The zero-order chi connectivity index (χ0) is 18.0. The number of ether oxygens (including phenoxy) is 1. The lowest BCUT2D eigenvalue weighted by molar-refractivity contribution is 0.389. The highest BCUT2D eigenvalue weighted by molar-refractivity contribution is 7.90. The van der Waals surface area contributed by atoms with Crippen LogP contribution in [-0.4, -0.2) is 25.7 Å². The first-order valence-electron chi connectivity index (χ1n) is 7.35. The molecule has 0 aliphatic rings. The van der Waals surface area contributed by atoms with Crippen molar-refractivity contribution < 1.29 is 17.7 Å². The number of aryl methyl sites for hydroxylation is 1. The molecule has 1 aromatic heterocycles. The van der Waals surface area contributed by atoms with E-state index in [2.05, 4.69) is 10.1 Å². The van der Waals surface area contributed by atoms with Crippen LogP contribution in [0.3, 0.4) is 0 Å². The minimum Gasteiger partial charge on any atom is -0.495 e. The average molecular weight is 379 g/mol. The fourth-order valence-electron chi connectivity index (χ4n) is 2.30. The number of halogens is 1. The summed E-state index contributed by atoms with van der Waals surface area (Å²) in [6.07, 6.45) is 0. The van der Waals surface area contributed by atoms with Crippen LogP contribution in [0.4, 0.5) is 0 Å². The number of hydrogen-bond acceptors (Lipinski definition) is 6. The van der Waals surface area contributed by atoms with Crippen molar-refractivity contribution in [2.24, 2.45) is 0 Å². The first kappa shape index (κ1) is 17.4. The lowest BCUT2D eigenvalue weighted by Crippen LogP contribution is -2.05. The van der Waals surface area contributed by atoms with Gasteiger partial charge in [0.1, 0.15) is 11.5 Å². The predicted molar refractivity (Wildman–Crippen MR) is 93.4 cm³/mol. The van der Waals surface area contributed by atoms with E-state index in [0.717, 1.165) is 11.1 Å². The molecular weight excluding hydrogens is 364 g/mol.